The summed E-state index contributed by atoms with van der Waals surface area (Å²) in [5.74, 6) is -0.980. The zero-order valence-electron chi connectivity index (χ0n) is 38.7. The van der Waals surface area contributed by atoms with E-state index in [2.05, 4.69) is 118 Å². The van der Waals surface area contributed by atoms with Crippen molar-refractivity contribution in [1.82, 2.24) is 0 Å². The van der Waals surface area contributed by atoms with Gasteiger partial charge in [-0.15, -0.1) is 0 Å². The van der Waals surface area contributed by atoms with Gasteiger partial charge in [-0.25, -0.2) is 0 Å². The SMILES string of the molecule is CC\C=C/C=C\C=C/CCCCCCCCCC(=O)OC(COC(=O)CCCC/C=C\C/C=C\CC)COC(=O)CCCCCCC\C=C/C=C\C=C/CCCCCCC. The van der Waals surface area contributed by atoms with Gasteiger partial charge in [-0.05, 0) is 89.9 Å². The van der Waals surface area contributed by atoms with E-state index in [1.54, 1.807) is 0 Å². The molecule has 0 heterocycles. The van der Waals surface area contributed by atoms with Crippen molar-refractivity contribution in [2.24, 2.45) is 0 Å². The number of esters is 3. The molecule has 6 heteroatoms. The number of rotatable bonds is 42. The highest BCUT2D eigenvalue weighted by molar-refractivity contribution is 5.71. The molecular weight excluding hydrogens is 745 g/mol. The lowest BCUT2D eigenvalue weighted by Crippen LogP contribution is -2.30. The Morgan fingerprint density at radius 3 is 1.22 bits per heavy atom. The molecule has 0 aliphatic heterocycles. The lowest BCUT2D eigenvalue weighted by atomic mass is 10.1. The summed E-state index contributed by atoms with van der Waals surface area (Å²) in [7, 11) is 0. The number of ether oxygens (including phenoxy) is 3. The molecule has 0 fully saturated rings. The second kappa shape index (κ2) is 48.0. The van der Waals surface area contributed by atoms with Crippen molar-refractivity contribution in [3.8, 4) is 0 Å². The molecule has 0 rings (SSSR count). The molecule has 340 valence electrons. The van der Waals surface area contributed by atoms with E-state index in [9.17, 15) is 14.4 Å². The molecule has 1 unspecified atom stereocenters. The van der Waals surface area contributed by atoms with Gasteiger partial charge in [-0.1, -0.05) is 195 Å². The van der Waals surface area contributed by atoms with Crippen LogP contribution in [0.3, 0.4) is 0 Å². The van der Waals surface area contributed by atoms with Gasteiger partial charge in [-0.2, -0.15) is 0 Å². The zero-order valence-corrected chi connectivity index (χ0v) is 38.7. The molecule has 60 heavy (non-hydrogen) atoms. The highest BCUT2D eigenvalue weighted by Crippen LogP contribution is 2.13. The number of unbranched alkanes of at least 4 members (excludes halogenated alkanes) is 19. The van der Waals surface area contributed by atoms with Crippen LogP contribution in [-0.4, -0.2) is 37.2 Å². The van der Waals surface area contributed by atoms with E-state index < -0.39 is 6.10 Å². The van der Waals surface area contributed by atoms with Gasteiger partial charge in [0, 0.05) is 19.3 Å². The minimum atomic E-state index is -0.805. The smallest absolute Gasteiger partial charge is 0.306 e. The van der Waals surface area contributed by atoms with Crippen LogP contribution in [0.4, 0.5) is 0 Å². The summed E-state index contributed by atoms with van der Waals surface area (Å²) in [6, 6.07) is 0. The first-order valence-corrected chi connectivity index (χ1v) is 24.3. The first kappa shape index (κ1) is 56.3. The van der Waals surface area contributed by atoms with E-state index in [0.29, 0.717) is 19.3 Å². The maximum atomic E-state index is 12.7. The minimum absolute atomic E-state index is 0.105. The molecule has 0 amide bonds. The summed E-state index contributed by atoms with van der Waals surface area (Å²) in [6.45, 7) is 6.29. The largest absolute Gasteiger partial charge is 0.462 e. The first-order chi connectivity index (χ1) is 29.5. The topological polar surface area (TPSA) is 78.9 Å². The Morgan fingerprint density at radius 1 is 0.367 bits per heavy atom. The Labute approximate surface area is 368 Å². The average molecular weight is 833 g/mol. The molecule has 0 N–H and O–H groups in total. The fourth-order valence-electron chi connectivity index (χ4n) is 6.30. The molecule has 1 atom stereocenters. The zero-order chi connectivity index (χ0) is 43.7. The Kier molecular flexibility index (Phi) is 45.1. The van der Waals surface area contributed by atoms with Crippen LogP contribution in [0.1, 0.15) is 207 Å². The standard InChI is InChI=1S/C54H88O6/c1-4-7-10-13-16-19-21-23-25-26-27-29-30-32-35-38-41-44-47-53(56)59-50-51(49-58-52(55)46-43-40-37-34-18-15-12-9-6-3)60-54(57)48-45-42-39-36-33-31-28-24-22-20-17-14-11-8-5-2/h8-9,11-12,14,17-18,20-23,25-27,29,34,51H,4-7,10,13,15-16,19,24,28,30-33,35-50H2,1-3H3/b11-8-,12-9-,17-14-,22-20-,23-21-,26-25-,29-27-,34-18-. The normalized spacial score (nSPS) is 12.9. The van der Waals surface area contributed by atoms with E-state index in [4.69, 9.17) is 14.2 Å². The van der Waals surface area contributed by atoms with Gasteiger partial charge >= 0.3 is 17.9 Å². The van der Waals surface area contributed by atoms with Gasteiger partial charge < -0.3 is 14.2 Å². The maximum absolute atomic E-state index is 12.7. The first-order valence-electron chi connectivity index (χ1n) is 24.3. The van der Waals surface area contributed by atoms with E-state index in [1.165, 1.54) is 51.4 Å². The quantitative estimate of drug-likeness (QED) is 0.0200. The summed E-state index contributed by atoms with van der Waals surface area (Å²) in [5.41, 5.74) is 0. The molecule has 0 spiro atoms. The highest BCUT2D eigenvalue weighted by Gasteiger charge is 2.19. The fraction of sp³-hybridized carbons (Fsp3) is 0.648. The molecule has 6 nitrogen and oxygen atoms in total. The Hall–Kier alpha value is -3.67. The number of carbonyl (C=O) groups excluding carboxylic acids is 3. The molecule has 0 saturated carbocycles. The van der Waals surface area contributed by atoms with Gasteiger partial charge in [0.25, 0.3) is 0 Å². The monoisotopic (exact) mass is 833 g/mol. The van der Waals surface area contributed by atoms with Gasteiger partial charge in [-0.3, -0.25) is 14.4 Å². The second-order valence-corrected chi connectivity index (χ2v) is 15.7. The Bertz CT molecular complexity index is 1230. The van der Waals surface area contributed by atoms with Crippen LogP contribution in [0.5, 0.6) is 0 Å². The predicted molar refractivity (Wildman–Crippen MR) is 256 cm³/mol. The van der Waals surface area contributed by atoms with Crippen LogP contribution in [0.15, 0.2) is 97.2 Å². The van der Waals surface area contributed by atoms with Crippen molar-refractivity contribution in [1.29, 1.82) is 0 Å². The second-order valence-electron chi connectivity index (χ2n) is 15.7. The molecule has 0 radical (unpaired) electrons. The number of hydrogen-bond donors (Lipinski definition) is 0. The fourth-order valence-corrected chi connectivity index (χ4v) is 6.30. The lowest BCUT2D eigenvalue weighted by molar-refractivity contribution is -0.167. The van der Waals surface area contributed by atoms with Gasteiger partial charge in [0.05, 0.1) is 0 Å². The van der Waals surface area contributed by atoms with Crippen LogP contribution in [0, 0.1) is 0 Å². The van der Waals surface area contributed by atoms with Crippen LogP contribution in [0.25, 0.3) is 0 Å². The Balaban J connectivity index is 4.43. The third-order valence-corrected chi connectivity index (χ3v) is 9.93. The predicted octanol–water partition coefficient (Wildman–Crippen LogP) is 15.8. The summed E-state index contributed by atoms with van der Waals surface area (Å²) in [5, 5.41) is 0. The number of hydrogen-bond acceptors (Lipinski definition) is 6. The minimum Gasteiger partial charge on any atom is -0.462 e. The van der Waals surface area contributed by atoms with Crippen LogP contribution in [-0.2, 0) is 28.6 Å². The summed E-state index contributed by atoms with van der Waals surface area (Å²) in [4.78, 5) is 37.8. The van der Waals surface area contributed by atoms with Gasteiger partial charge in [0.1, 0.15) is 13.2 Å². The Morgan fingerprint density at radius 2 is 0.733 bits per heavy atom. The lowest BCUT2D eigenvalue weighted by Gasteiger charge is -2.18. The number of allylic oxidation sites excluding steroid dienone is 16. The molecular formula is C54H88O6. The summed E-state index contributed by atoms with van der Waals surface area (Å²) in [6.07, 6.45) is 62.6. The summed E-state index contributed by atoms with van der Waals surface area (Å²) >= 11 is 0. The highest BCUT2D eigenvalue weighted by atomic mass is 16.6. The van der Waals surface area contributed by atoms with Gasteiger partial charge in [0.15, 0.2) is 6.10 Å². The molecule has 0 aliphatic carbocycles. The maximum Gasteiger partial charge on any atom is 0.306 e. The molecule has 0 aromatic heterocycles. The van der Waals surface area contributed by atoms with Gasteiger partial charge in [0.2, 0.25) is 0 Å². The van der Waals surface area contributed by atoms with E-state index in [0.717, 1.165) is 116 Å². The van der Waals surface area contributed by atoms with Crippen molar-refractivity contribution in [3.05, 3.63) is 97.2 Å². The molecule has 0 saturated heterocycles. The number of carbonyl (C=O) groups is 3. The van der Waals surface area contributed by atoms with Crippen LogP contribution < -0.4 is 0 Å². The van der Waals surface area contributed by atoms with Crippen molar-refractivity contribution in [2.45, 2.75) is 213 Å². The van der Waals surface area contributed by atoms with E-state index in [-0.39, 0.29) is 31.1 Å². The summed E-state index contributed by atoms with van der Waals surface area (Å²) < 4.78 is 16.7. The molecule has 0 aromatic rings. The van der Waals surface area contributed by atoms with Crippen LogP contribution >= 0.6 is 0 Å². The van der Waals surface area contributed by atoms with Crippen molar-refractivity contribution >= 4 is 17.9 Å². The average Bonchev–Trinajstić information content (AvgIpc) is 3.24. The third-order valence-electron chi connectivity index (χ3n) is 9.93. The molecule has 0 aromatic carbocycles. The van der Waals surface area contributed by atoms with Crippen molar-refractivity contribution in [3.63, 3.8) is 0 Å². The van der Waals surface area contributed by atoms with Crippen molar-refractivity contribution < 1.29 is 28.6 Å². The molecule has 0 aliphatic rings. The van der Waals surface area contributed by atoms with E-state index in [1.807, 2.05) is 0 Å². The van der Waals surface area contributed by atoms with Crippen LogP contribution in [0.2, 0.25) is 0 Å². The van der Waals surface area contributed by atoms with E-state index >= 15 is 0 Å². The third kappa shape index (κ3) is 45.4. The van der Waals surface area contributed by atoms with Crippen molar-refractivity contribution in [2.75, 3.05) is 13.2 Å². The molecule has 0 bridgehead atoms.